The number of ether oxygens (including phenoxy) is 1. The van der Waals surface area contributed by atoms with E-state index < -0.39 is 5.82 Å². The third kappa shape index (κ3) is 2.81. The van der Waals surface area contributed by atoms with Crippen LogP contribution < -0.4 is 10.5 Å². The summed E-state index contributed by atoms with van der Waals surface area (Å²) in [6.07, 6.45) is -0.390. The second-order valence-electron chi connectivity index (χ2n) is 3.80. The molecule has 0 bridgehead atoms. The number of nitrogens with two attached hydrogens (primary N) is 1. The maximum absolute atomic E-state index is 13.7. The highest BCUT2D eigenvalue weighted by atomic mass is 35.5. The van der Waals surface area contributed by atoms with Crippen LogP contribution in [0, 0.1) is 5.82 Å². The van der Waals surface area contributed by atoms with Crippen molar-refractivity contribution in [3.8, 4) is 5.75 Å². The second kappa shape index (κ2) is 5.85. The van der Waals surface area contributed by atoms with Gasteiger partial charge in [-0.05, 0) is 17.7 Å². The predicted molar refractivity (Wildman–Crippen MR) is 70.3 cm³/mol. The zero-order chi connectivity index (χ0) is 13.0. The average molecular weight is 266 g/mol. The van der Waals surface area contributed by atoms with E-state index in [4.69, 9.17) is 22.1 Å². The van der Waals surface area contributed by atoms with E-state index in [1.807, 2.05) is 30.3 Å². The summed E-state index contributed by atoms with van der Waals surface area (Å²) < 4.78 is 19.3. The quantitative estimate of drug-likeness (QED) is 0.917. The zero-order valence-electron chi connectivity index (χ0n) is 9.64. The molecule has 0 saturated carbocycles. The normalized spacial score (nSPS) is 12.2. The van der Waals surface area contributed by atoms with Gasteiger partial charge in [0.1, 0.15) is 6.10 Å². The topological polar surface area (TPSA) is 35.2 Å². The van der Waals surface area contributed by atoms with Gasteiger partial charge in [0.25, 0.3) is 0 Å². The van der Waals surface area contributed by atoms with Gasteiger partial charge in [-0.1, -0.05) is 48.0 Å². The van der Waals surface area contributed by atoms with Crippen LogP contribution in [0.15, 0.2) is 48.5 Å². The minimum atomic E-state index is -0.562. The van der Waals surface area contributed by atoms with Crippen molar-refractivity contribution in [2.45, 2.75) is 6.10 Å². The van der Waals surface area contributed by atoms with Crippen LogP contribution in [0.1, 0.15) is 11.7 Å². The Balaban J connectivity index is 2.24. The van der Waals surface area contributed by atoms with Crippen LogP contribution in [0.4, 0.5) is 4.39 Å². The summed E-state index contributed by atoms with van der Waals surface area (Å²) in [6.45, 7) is 0.260. The first kappa shape index (κ1) is 12.9. The fraction of sp³-hybridized carbons (Fsp3) is 0.143. The summed E-state index contributed by atoms with van der Waals surface area (Å²) in [5, 5.41) is 0.0383. The minimum Gasteiger partial charge on any atom is -0.481 e. The Hall–Kier alpha value is -1.58. The van der Waals surface area contributed by atoms with Gasteiger partial charge < -0.3 is 10.5 Å². The first-order valence-electron chi connectivity index (χ1n) is 5.58. The first-order valence-corrected chi connectivity index (χ1v) is 5.96. The van der Waals surface area contributed by atoms with E-state index >= 15 is 0 Å². The lowest BCUT2D eigenvalue weighted by atomic mass is 10.1. The van der Waals surface area contributed by atoms with Gasteiger partial charge in [-0.25, -0.2) is 4.39 Å². The molecule has 0 fully saturated rings. The predicted octanol–water partition coefficient (Wildman–Crippen LogP) is 3.56. The van der Waals surface area contributed by atoms with Crippen LogP contribution in [0.3, 0.4) is 0 Å². The van der Waals surface area contributed by atoms with E-state index in [0.717, 1.165) is 5.56 Å². The summed E-state index contributed by atoms with van der Waals surface area (Å²) in [7, 11) is 0. The molecular formula is C14H13ClFNO. The van der Waals surface area contributed by atoms with Crippen molar-refractivity contribution in [3.05, 3.63) is 64.9 Å². The summed E-state index contributed by atoms with van der Waals surface area (Å²) in [5.41, 5.74) is 6.56. The maximum Gasteiger partial charge on any atom is 0.183 e. The first-order chi connectivity index (χ1) is 8.72. The summed E-state index contributed by atoms with van der Waals surface area (Å²) >= 11 is 5.70. The molecule has 0 saturated heterocycles. The second-order valence-corrected chi connectivity index (χ2v) is 4.21. The molecule has 94 valence electrons. The van der Waals surface area contributed by atoms with E-state index in [-0.39, 0.29) is 23.4 Å². The van der Waals surface area contributed by atoms with Crippen LogP contribution in [-0.2, 0) is 0 Å². The van der Waals surface area contributed by atoms with Gasteiger partial charge in [0, 0.05) is 6.54 Å². The third-order valence-electron chi connectivity index (χ3n) is 2.57. The standard InChI is InChI=1S/C14H13ClFNO/c15-11-7-4-8-12(14(11)16)18-13(9-17)10-5-2-1-3-6-10/h1-8,13H,9,17H2. The maximum atomic E-state index is 13.7. The van der Waals surface area contributed by atoms with Crippen LogP contribution in [0.2, 0.25) is 5.02 Å². The number of hydrogen-bond donors (Lipinski definition) is 1. The largest absolute Gasteiger partial charge is 0.481 e. The van der Waals surface area contributed by atoms with Crippen molar-refractivity contribution in [2.75, 3.05) is 6.54 Å². The summed E-state index contributed by atoms with van der Waals surface area (Å²) in [4.78, 5) is 0. The van der Waals surface area contributed by atoms with Gasteiger partial charge in [0.15, 0.2) is 11.6 Å². The van der Waals surface area contributed by atoms with Crippen molar-refractivity contribution in [3.63, 3.8) is 0 Å². The highest BCUT2D eigenvalue weighted by Crippen LogP contribution is 2.28. The summed E-state index contributed by atoms with van der Waals surface area (Å²) in [5.74, 6) is -0.449. The van der Waals surface area contributed by atoms with Gasteiger partial charge >= 0.3 is 0 Å². The van der Waals surface area contributed by atoms with E-state index in [2.05, 4.69) is 0 Å². The number of rotatable bonds is 4. The lowest BCUT2D eigenvalue weighted by Crippen LogP contribution is -2.18. The average Bonchev–Trinajstić information content (AvgIpc) is 2.41. The van der Waals surface area contributed by atoms with Crippen LogP contribution >= 0.6 is 11.6 Å². The lowest BCUT2D eigenvalue weighted by molar-refractivity contribution is 0.204. The molecular weight excluding hydrogens is 253 g/mol. The van der Waals surface area contributed by atoms with Gasteiger partial charge in [-0.2, -0.15) is 0 Å². The Kier molecular flexibility index (Phi) is 4.18. The van der Waals surface area contributed by atoms with Gasteiger partial charge in [0.2, 0.25) is 0 Å². The minimum absolute atomic E-state index is 0.0383. The number of hydrogen-bond acceptors (Lipinski definition) is 2. The van der Waals surface area contributed by atoms with Gasteiger partial charge in [-0.15, -0.1) is 0 Å². The monoisotopic (exact) mass is 265 g/mol. The molecule has 0 amide bonds. The molecule has 0 heterocycles. The van der Waals surface area contributed by atoms with Crippen LogP contribution in [0.5, 0.6) is 5.75 Å². The van der Waals surface area contributed by atoms with E-state index in [1.165, 1.54) is 12.1 Å². The number of halogens is 2. The molecule has 1 atom stereocenters. The Morgan fingerprint density at radius 1 is 1.11 bits per heavy atom. The molecule has 0 aliphatic rings. The molecule has 0 aliphatic heterocycles. The Morgan fingerprint density at radius 2 is 1.83 bits per heavy atom. The van der Waals surface area contributed by atoms with Crippen LogP contribution in [-0.4, -0.2) is 6.54 Å². The smallest absolute Gasteiger partial charge is 0.183 e. The molecule has 0 spiro atoms. The lowest BCUT2D eigenvalue weighted by Gasteiger charge is -2.18. The molecule has 0 radical (unpaired) electrons. The fourth-order valence-corrected chi connectivity index (χ4v) is 1.81. The van der Waals surface area contributed by atoms with Crippen molar-refractivity contribution in [1.29, 1.82) is 0 Å². The van der Waals surface area contributed by atoms with Crippen LogP contribution in [0.25, 0.3) is 0 Å². The van der Waals surface area contributed by atoms with Crippen molar-refractivity contribution in [1.82, 2.24) is 0 Å². The van der Waals surface area contributed by atoms with Gasteiger partial charge in [0.05, 0.1) is 5.02 Å². The molecule has 0 aliphatic carbocycles. The zero-order valence-corrected chi connectivity index (χ0v) is 10.4. The van der Waals surface area contributed by atoms with E-state index in [1.54, 1.807) is 6.07 Å². The van der Waals surface area contributed by atoms with Crippen molar-refractivity contribution >= 4 is 11.6 Å². The molecule has 18 heavy (non-hydrogen) atoms. The van der Waals surface area contributed by atoms with Crippen molar-refractivity contribution in [2.24, 2.45) is 5.73 Å². The molecule has 4 heteroatoms. The van der Waals surface area contributed by atoms with E-state index in [0.29, 0.717) is 0 Å². The molecule has 1 unspecified atom stereocenters. The molecule has 2 aromatic rings. The molecule has 0 aromatic heterocycles. The highest BCUT2D eigenvalue weighted by molar-refractivity contribution is 6.30. The van der Waals surface area contributed by atoms with Gasteiger partial charge in [-0.3, -0.25) is 0 Å². The Morgan fingerprint density at radius 3 is 2.50 bits per heavy atom. The molecule has 2 nitrogen and oxygen atoms in total. The third-order valence-corrected chi connectivity index (χ3v) is 2.86. The summed E-state index contributed by atoms with van der Waals surface area (Å²) in [6, 6.07) is 14.1. The molecule has 2 aromatic carbocycles. The van der Waals surface area contributed by atoms with Crippen molar-refractivity contribution < 1.29 is 9.13 Å². The number of benzene rings is 2. The SMILES string of the molecule is NCC(Oc1cccc(Cl)c1F)c1ccccc1. The Bertz CT molecular complexity index is 518. The molecule has 2 N–H and O–H groups in total. The molecule has 2 rings (SSSR count). The fourth-order valence-electron chi connectivity index (χ4n) is 1.65. The Labute approximate surface area is 110 Å². The highest BCUT2D eigenvalue weighted by Gasteiger charge is 2.15. The van der Waals surface area contributed by atoms with E-state index in [9.17, 15) is 4.39 Å².